The van der Waals surface area contributed by atoms with Gasteiger partial charge in [0.15, 0.2) is 0 Å². The molecule has 0 spiro atoms. The van der Waals surface area contributed by atoms with Gasteiger partial charge in [-0.25, -0.2) is 0 Å². The van der Waals surface area contributed by atoms with Gasteiger partial charge in [-0.05, 0) is 68.3 Å². The molecule has 1 heterocycles. The minimum Gasteiger partial charge on any atom is -0.506 e. The Labute approximate surface area is 186 Å². The van der Waals surface area contributed by atoms with Crippen LogP contribution in [0.25, 0.3) is 5.57 Å². The van der Waals surface area contributed by atoms with Crippen LogP contribution in [-0.2, 0) is 4.79 Å². The molecule has 7 heteroatoms. The van der Waals surface area contributed by atoms with Crippen LogP contribution in [0.2, 0.25) is 0 Å². The number of carbonyl (C=O) groups excluding carboxylic acids is 2. The summed E-state index contributed by atoms with van der Waals surface area (Å²) in [4.78, 5) is 27.6. The standard InChI is InChI=1S/C25H24N4O3/c1-14-8-10-18(12-15(14)2)29-21-7-5-4-6-19(21)23(25(29)32)16(3)27-28-24(31)17-9-11-22(30)20(26)13-17/h4-13,27,30H,26H2,1-3H3,(H,28,31)/b23-16-. The van der Waals surface area contributed by atoms with Crippen molar-refractivity contribution in [1.82, 2.24) is 10.9 Å². The smallest absolute Gasteiger partial charge is 0.269 e. The second-order valence-corrected chi connectivity index (χ2v) is 7.78. The number of phenols is 1. The van der Waals surface area contributed by atoms with Crippen LogP contribution in [0.1, 0.15) is 34.0 Å². The number of nitrogens with one attached hydrogen (secondary N) is 2. The number of nitrogen functional groups attached to an aromatic ring is 1. The van der Waals surface area contributed by atoms with Gasteiger partial charge < -0.3 is 16.3 Å². The van der Waals surface area contributed by atoms with Gasteiger partial charge in [0, 0.05) is 22.5 Å². The molecule has 0 bridgehead atoms. The molecule has 5 N–H and O–H groups in total. The average Bonchev–Trinajstić information content (AvgIpc) is 3.07. The molecule has 0 aromatic heterocycles. The second kappa shape index (κ2) is 8.11. The first-order valence-electron chi connectivity index (χ1n) is 10.1. The Balaban J connectivity index is 1.64. The number of anilines is 3. The fourth-order valence-electron chi connectivity index (χ4n) is 3.68. The predicted molar refractivity (Wildman–Crippen MR) is 125 cm³/mol. The van der Waals surface area contributed by atoms with Crippen LogP contribution >= 0.6 is 0 Å². The van der Waals surface area contributed by atoms with Crippen LogP contribution in [-0.4, -0.2) is 16.9 Å². The Hall–Kier alpha value is -4.26. The molecule has 1 aliphatic heterocycles. The summed E-state index contributed by atoms with van der Waals surface area (Å²) in [7, 11) is 0. The maximum absolute atomic E-state index is 13.5. The summed E-state index contributed by atoms with van der Waals surface area (Å²) in [5.74, 6) is -0.712. The summed E-state index contributed by atoms with van der Waals surface area (Å²) >= 11 is 0. The summed E-state index contributed by atoms with van der Waals surface area (Å²) in [5, 5.41) is 9.54. The Morgan fingerprint density at radius 3 is 2.44 bits per heavy atom. The molecule has 0 saturated carbocycles. The third-order valence-corrected chi connectivity index (χ3v) is 5.61. The van der Waals surface area contributed by atoms with Crippen LogP contribution in [0.5, 0.6) is 5.75 Å². The van der Waals surface area contributed by atoms with Gasteiger partial charge in [0.2, 0.25) is 0 Å². The van der Waals surface area contributed by atoms with Crippen molar-refractivity contribution in [2.75, 3.05) is 10.6 Å². The molecule has 0 fully saturated rings. The van der Waals surface area contributed by atoms with E-state index in [9.17, 15) is 14.7 Å². The minimum atomic E-state index is -0.443. The zero-order valence-corrected chi connectivity index (χ0v) is 18.1. The lowest BCUT2D eigenvalue weighted by molar-refractivity contribution is -0.112. The van der Waals surface area contributed by atoms with Gasteiger partial charge >= 0.3 is 0 Å². The summed E-state index contributed by atoms with van der Waals surface area (Å²) < 4.78 is 0. The van der Waals surface area contributed by atoms with Crippen molar-refractivity contribution in [2.45, 2.75) is 20.8 Å². The first-order valence-corrected chi connectivity index (χ1v) is 10.1. The number of rotatable bonds is 4. The molecule has 2 amide bonds. The number of phenolic OH excluding ortho intramolecular Hbond substituents is 1. The van der Waals surface area contributed by atoms with E-state index in [0.29, 0.717) is 11.3 Å². The highest BCUT2D eigenvalue weighted by molar-refractivity contribution is 6.35. The number of benzene rings is 3. The summed E-state index contributed by atoms with van der Waals surface area (Å²) in [6, 6.07) is 17.7. The highest BCUT2D eigenvalue weighted by Crippen LogP contribution is 2.42. The Morgan fingerprint density at radius 1 is 0.969 bits per heavy atom. The van der Waals surface area contributed by atoms with Crippen molar-refractivity contribution in [3.63, 3.8) is 0 Å². The van der Waals surface area contributed by atoms with Gasteiger partial charge in [-0.2, -0.15) is 0 Å². The van der Waals surface area contributed by atoms with E-state index in [1.165, 1.54) is 18.2 Å². The molecule has 162 valence electrons. The third-order valence-electron chi connectivity index (χ3n) is 5.61. The van der Waals surface area contributed by atoms with Crippen molar-refractivity contribution < 1.29 is 14.7 Å². The van der Waals surface area contributed by atoms with E-state index in [2.05, 4.69) is 10.9 Å². The lowest BCUT2D eigenvalue weighted by Crippen LogP contribution is -2.37. The largest absolute Gasteiger partial charge is 0.506 e. The molecular weight excluding hydrogens is 404 g/mol. The molecule has 0 radical (unpaired) electrons. The lowest BCUT2D eigenvalue weighted by atomic mass is 10.1. The fraction of sp³-hybridized carbons (Fsp3) is 0.120. The fourth-order valence-corrected chi connectivity index (χ4v) is 3.68. The van der Waals surface area contributed by atoms with Crippen molar-refractivity contribution in [3.05, 3.63) is 88.6 Å². The Kier molecular flexibility index (Phi) is 5.32. The van der Waals surface area contributed by atoms with Gasteiger partial charge in [-0.15, -0.1) is 0 Å². The van der Waals surface area contributed by atoms with E-state index < -0.39 is 5.91 Å². The number of hydrogen-bond donors (Lipinski definition) is 4. The van der Waals surface area contributed by atoms with E-state index >= 15 is 0 Å². The van der Waals surface area contributed by atoms with E-state index in [-0.39, 0.29) is 22.9 Å². The number of aromatic hydroxyl groups is 1. The van der Waals surface area contributed by atoms with Crippen LogP contribution in [0, 0.1) is 13.8 Å². The molecule has 3 aromatic carbocycles. The maximum Gasteiger partial charge on any atom is 0.269 e. The molecule has 0 saturated heterocycles. The second-order valence-electron chi connectivity index (χ2n) is 7.78. The van der Waals surface area contributed by atoms with Crippen molar-refractivity contribution in [3.8, 4) is 5.75 Å². The minimum absolute atomic E-state index is 0.0904. The van der Waals surface area contributed by atoms with E-state index in [0.717, 1.165) is 28.1 Å². The molecule has 0 atom stereocenters. The van der Waals surface area contributed by atoms with Crippen LogP contribution in [0.4, 0.5) is 17.1 Å². The van der Waals surface area contributed by atoms with Crippen LogP contribution < -0.4 is 21.5 Å². The highest BCUT2D eigenvalue weighted by Gasteiger charge is 2.35. The van der Waals surface area contributed by atoms with Crippen molar-refractivity contribution in [2.24, 2.45) is 0 Å². The molecule has 4 rings (SSSR count). The molecule has 7 nitrogen and oxygen atoms in total. The zero-order valence-electron chi connectivity index (χ0n) is 18.1. The normalized spacial score (nSPS) is 14.2. The number of fused-ring (bicyclic) bond motifs is 1. The first-order chi connectivity index (χ1) is 15.3. The topological polar surface area (TPSA) is 108 Å². The number of nitrogens with two attached hydrogens (primary N) is 1. The van der Waals surface area contributed by atoms with Gasteiger partial charge in [0.25, 0.3) is 11.8 Å². The quantitative estimate of drug-likeness (QED) is 0.218. The molecule has 3 aromatic rings. The maximum atomic E-state index is 13.5. The van der Waals surface area contributed by atoms with Crippen molar-refractivity contribution in [1.29, 1.82) is 0 Å². The Morgan fingerprint density at radius 2 is 1.72 bits per heavy atom. The van der Waals surface area contributed by atoms with E-state index in [4.69, 9.17) is 5.73 Å². The summed E-state index contributed by atoms with van der Waals surface area (Å²) in [5.41, 5.74) is 17.1. The highest BCUT2D eigenvalue weighted by atomic mass is 16.3. The Bertz CT molecular complexity index is 1280. The van der Waals surface area contributed by atoms with Gasteiger partial charge in [-0.1, -0.05) is 24.3 Å². The monoisotopic (exact) mass is 428 g/mol. The first kappa shape index (κ1) is 21.0. The van der Waals surface area contributed by atoms with E-state index in [1.54, 1.807) is 11.8 Å². The number of hydrazine groups is 1. The number of amides is 2. The van der Waals surface area contributed by atoms with E-state index in [1.807, 2.05) is 56.3 Å². The predicted octanol–water partition coefficient (Wildman–Crippen LogP) is 3.94. The molecule has 0 unspecified atom stereocenters. The summed E-state index contributed by atoms with van der Waals surface area (Å²) in [6.07, 6.45) is 0. The number of hydrogen-bond acceptors (Lipinski definition) is 5. The van der Waals surface area contributed by atoms with Gasteiger partial charge in [0.1, 0.15) is 5.75 Å². The van der Waals surface area contributed by atoms with Crippen LogP contribution in [0.15, 0.2) is 66.4 Å². The number of allylic oxidation sites excluding steroid dienone is 1. The molecule has 0 aliphatic carbocycles. The number of carbonyl (C=O) groups is 2. The molecule has 32 heavy (non-hydrogen) atoms. The third kappa shape index (κ3) is 3.65. The average molecular weight is 428 g/mol. The summed E-state index contributed by atoms with van der Waals surface area (Å²) in [6.45, 7) is 5.78. The number of para-hydroxylation sites is 1. The van der Waals surface area contributed by atoms with Gasteiger partial charge in [-0.3, -0.25) is 19.9 Å². The van der Waals surface area contributed by atoms with Crippen molar-refractivity contribution >= 4 is 34.4 Å². The lowest BCUT2D eigenvalue weighted by Gasteiger charge is -2.18. The SMILES string of the molecule is C/C(NNC(=O)c1ccc(O)c(N)c1)=C1/C(=O)N(c2ccc(C)c(C)c2)c2ccccc21. The van der Waals surface area contributed by atoms with Gasteiger partial charge in [0.05, 0.1) is 16.9 Å². The molecular formula is C25H24N4O3. The molecule has 1 aliphatic rings. The van der Waals surface area contributed by atoms with Crippen LogP contribution in [0.3, 0.4) is 0 Å². The zero-order chi connectivity index (χ0) is 23.0. The number of nitrogens with zero attached hydrogens (tertiary/aromatic N) is 1. The number of aryl methyl sites for hydroxylation is 2.